The first kappa shape index (κ1) is 17.9. The normalized spacial score (nSPS) is 10.3. The highest BCUT2D eigenvalue weighted by Gasteiger charge is 2.05. The zero-order valence-electron chi connectivity index (χ0n) is 14.8. The van der Waals surface area contributed by atoms with Crippen molar-refractivity contribution < 1.29 is 14.3 Å². The van der Waals surface area contributed by atoms with Gasteiger partial charge in [0.1, 0.15) is 18.1 Å². The average molecular weight is 327 g/mol. The SMILES string of the molecule is Cc1cc(C)cc(OCCNC(=O)COc2cc(C)ccc2C)c1. The predicted molar refractivity (Wildman–Crippen MR) is 95.8 cm³/mol. The Balaban J connectivity index is 1.70. The van der Waals surface area contributed by atoms with Gasteiger partial charge in [0.2, 0.25) is 0 Å². The average Bonchev–Trinajstić information content (AvgIpc) is 2.51. The molecule has 0 fully saturated rings. The molecule has 2 rings (SSSR count). The monoisotopic (exact) mass is 327 g/mol. The molecule has 0 unspecified atom stereocenters. The summed E-state index contributed by atoms with van der Waals surface area (Å²) < 4.78 is 11.2. The number of aryl methyl sites for hydroxylation is 4. The molecule has 0 spiro atoms. The van der Waals surface area contributed by atoms with E-state index in [1.165, 1.54) is 0 Å². The molecule has 4 heteroatoms. The topological polar surface area (TPSA) is 47.6 Å². The summed E-state index contributed by atoms with van der Waals surface area (Å²) in [5.74, 6) is 1.42. The minimum Gasteiger partial charge on any atom is -0.492 e. The fourth-order valence-electron chi connectivity index (χ4n) is 2.43. The molecule has 0 aliphatic carbocycles. The molecular formula is C20H25NO3. The van der Waals surface area contributed by atoms with Crippen LogP contribution in [0.3, 0.4) is 0 Å². The van der Waals surface area contributed by atoms with Gasteiger partial charge in [-0.1, -0.05) is 18.2 Å². The van der Waals surface area contributed by atoms with Crippen LogP contribution in [0.2, 0.25) is 0 Å². The van der Waals surface area contributed by atoms with Gasteiger partial charge in [-0.15, -0.1) is 0 Å². The van der Waals surface area contributed by atoms with Gasteiger partial charge < -0.3 is 14.8 Å². The maximum Gasteiger partial charge on any atom is 0.258 e. The van der Waals surface area contributed by atoms with Crippen molar-refractivity contribution in [3.63, 3.8) is 0 Å². The molecule has 1 amide bonds. The lowest BCUT2D eigenvalue weighted by Gasteiger charge is -2.11. The number of rotatable bonds is 7. The van der Waals surface area contributed by atoms with Gasteiger partial charge in [0.15, 0.2) is 6.61 Å². The molecule has 0 bridgehead atoms. The zero-order valence-corrected chi connectivity index (χ0v) is 14.8. The van der Waals surface area contributed by atoms with E-state index in [1.54, 1.807) is 0 Å². The number of carbonyl (C=O) groups is 1. The van der Waals surface area contributed by atoms with E-state index in [2.05, 4.69) is 11.4 Å². The fourth-order valence-corrected chi connectivity index (χ4v) is 2.43. The highest BCUT2D eigenvalue weighted by Crippen LogP contribution is 2.19. The molecule has 0 aliphatic rings. The quantitative estimate of drug-likeness (QED) is 0.792. The number of amides is 1. The van der Waals surface area contributed by atoms with Gasteiger partial charge in [0.05, 0.1) is 6.54 Å². The van der Waals surface area contributed by atoms with E-state index in [4.69, 9.17) is 9.47 Å². The van der Waals surface area contributed by atoms with Crippen molar-refractivity contribution in [2.24, 2.45) is 0 Å². The third-order valence-electron chi connectivity index (χ3n) is 3.59. The molecular weight excluding hydrogens is 302 g/mol. The highest BCUT2D eigenvalue weighted by molar-refractivity contribution is 5.77. The molecule has 1 N–H and O–H groups in total. The maximum atomic E-state index is 11.8. The van der Waals surface area contributed by atoms with Crippen LogP contribution in [0.25, 0.3) is 0 Å². The van der Waals surface area contributed by atoms with Crippen LogP contribution >= 0.6 is 0 Å². The van der Waals surface area contributed by atoms with Crippen molar-refractivity contribution in [3.05, 3.63) is 58.7 Å². The van der Waals surface area contributed by atoms with Crippen LogP contribution in [0, 0.1) is 27.7 Å². The minimum absolute atomic E-state index is 0.00778. The molecule has 0 heterocycles. The van der Waals surface area contributed by atoms with Gasteiger partial charge in [-0.2, -0.15) is 0 Å². The zero-order chi connectivity index (χ0) is 17.5. The molecule has 0 aliphatic heterocycles. The first-order chi connectivity index (χ1) is 11.4. The molecule has 4 nitrogen and oxygen atoms in total. The van der Waals surface area contributed by atoms with Crippen LogP contribution in [0.4, 0.5) is 0 Å². The number of hydrogen-bond acceptors (Lipinski definition) is 3. The summed E-state index contributed by atoms with van der Waals surface area (Å²) >= 11 is 0. The van der Waals surface area contributed by atoms with Crippen LogP contribution in [-0.4, -0.2) is 25.7 Å². The highest BCUT2D eigenvalue weighted by atomic mass is 16.5. The third kappa shape index (κ3) is 5.61. The van der Waals surface area contributed by atoms with Crippen molar-refractivity contribution in [1.29, 1.82) is 0 Å². The smallest absolute Gasteiger partial charge is 0.258 e. The molecule has 0 atom stereocenters. The molecule has 0 saturated heterocycles. The second-order valence-electron chi connectivity index (χ2n) is 6.08. The predicted octanol–water partition coefficient (Wildman–Crippen LogP) is 3.49. The Morgan fingerprint density at radius 2 is 1.62 bits per heavy atom. The van der Waals surface area contributed by atoms with Gasteiger partial charge in [-0.05, 0) is 68.1 Å². The summed E-state index contributed by atoms with van der Waals surface area (Å²) in [6.07, 6.45) is 0. The van der Waals surface area contributed by atoms with E-state index in [9.17, 15) is 4.79 Å². The van der Waals surface area contributed by atoms with Gasteiger partial charge >= 0.3 is 0 Å². The molecule has 128 valence electrons. The van der Waals surface area contributed by atoms with Crippen molar-refractivity contribution in [2.75, 3.05) is 19.8 Å². The van der Waals surface area contributed by atoms with Crippen molar-refractivity contribution in [1.82, 2.24) is 5.32 Å². The van der Waals surface area contributed by atoms with Gasteiger partial charge in [0, 0.05) is 0 Å². The largest absolute Gasteiger partial charge is 0.492 e. The third-order valence-corrected chi connectivity index (χ3v) is 3.59. The number of ether oxygens (including phenoxy) is 2. The van der Waals surface area contributed by atoms with Crippen molar-refractivity contribution >= 4 is 5.91 Å². The second kappa shape index (κ2) is 8.39. The van der Waals surface area contributed by atoms with Crippen LogP contribution < -0.4 is 14.8 Å². The molecule has 0 aromatic heterocycles. The maximum absolute atomic E-state index is 11.8. The fraction of sp³-hybridized carbons (Fsp3) is 0.350. The van der Waals surface area contributed by atoms with Gasteiger partial charge in [0.25, 0.3) is 5.91 Å². The van der Waals surface area contributed by atoms with Gasteiger partial charge in [-0.3, -0.25) is 4.79 Å². The van der Waals surface area contributed by atoms with Crippen LogP contribution in [0.5, 0.6) is 11.5 Å². The van der Waals surface area contributed by atoms with Gasteiger partial charge in [-0.25, -0.2) is 0 Å². The summed E-state index contributed by atoms with van der Waals surface area (Å²) in [7, 11) is 0. The van der Waals surface area contributed by atoms with Crippen molar-refractivity contribution in [3.8, 4) is 11.5 Å². The van der Waals surface area contributed by atoms with E-state index in [-0.39, 0.29) is 12.5 Å². The van der Waals surface area contributed by atoms with E-state index in [0.29, 0.717) is 13.2 Å². The second-order valence-corrected chi connectivity index (χ2v) is 6.08. The Morgan fingerprint density at radius 1 is 0.917 bits per heavy atom. The Morgan fingerprint density at radius 3 is 2.33 bits per heavy atom. The standard InChI is InChI=1S/C20H25NO3/c1-14-5-6-17(4)19(12-14)24-13-20(22)21-7-8-23-18-10-15(2)9-16(3)11-18/h5-6,9-12H,7-8,13H2,1-4H3,(H,21,22). The molecule has 0 radical (unpaired) electrons. The number of benzene rings is 2. The van der Waals surface area contributed by atoms with Crippen LogP contribution in [-0.2, 0) is 4.79 Å². The van der Waals surface area contributed by atoms with Crippen LogP contribution in [0.15, 0.2) is 36.4 Å². The molecule has 24 heavy (non-hydrogen) atoms. The first-order valence-electron chi connectivity index (χ1n) is 8.12. The molecule has 2 aromatic rings. The van der Waals surface area contributed by atoms with E-state index >= 15 is 0 Å². The van der Waals surface area contributed by atoms with E-state index < -0.39 is 0 Å². The van der Waals surface area contributed by atoms with Crippen LogP contribution in [0.1, 0.15) is 22.3 Å². The molecule has 0 saturated carbocycles. The summed E-state index contributed by atoms with van der Waals surface area (Å²) in [5.41, 5.74) is 4.45. The Labute approximate surface area is 143 Å². The number of nitrogens with one attached hydrogen (secondary N) is 1. The number of hydrogen-bond donors (Lipinski definition) is 1. The summed E-state index contributed by atoms with van der Waals surface area (Å²) in [6, 6.07) is 12.0. The lowest BCUT2D eigenvalue weighted by Crippen LogP contribution is -2.32. The Kier molecular flexibility index (Phi) is 6.24. The summed E-state index contributed by atoms with van der Waals surface area (Å²) in [5, 5.41) is 2.80. The van der Waals surface area contributed by atoms with Crippen molar-refractivity contribution in [2.45, 2.75) is 27.7 Å². The molecule has 2 aromatic carbocycles. The lowest BCUT2D eigenvalue weighted by atomic mass is 10.1. The Hall–Kier alpha value is -2.49. The lowest BCUT2D eigenvalue weighted by molar-refractivity contribution is -0.123. The number of carbonyl (C=O) groups excluding carboxylic acids is 1. The van der Waals surface area contributed by atoms with E-state index in [0.717, 1.165) is 33.8 Å². The Bertz CT molecular complexity index is 690. The first-order valence-corrected chi connectivity index (χ1v) is 8.12. The van der Waals surface area contributed by atoms with E-state index in [1.807, 2.05) is 58.0 Å². The summed E-state index contributed by atoms with van der Waals surface area (Å²) in [4.78, 5) is 11.8. The summed E-state index contributed by atoms with van der Waals surface area (Å²) in [6.45, 7) is 8.91. The minimum atomic E-state index is -0.153.